The molecule has 0 saturated heterocycles. The zero-order valence-corrected chi connectivity index (χ0v) is 10.9. The number of aliphatic carboxylic acids is 2. The summed E-state index contributed by atoms with van der Waals surface area (Å²) in [5.41, 5.74) is -2.40. The van der Waals surface area contributed by atoms with Crippen LogP contribution in [-0.4, -0.2) is 56.0 Å². The molecule has 0 spiro atoms. The summed E-state index contributed by atoms with van der Waals surface area (Å²) in [4.78, 5) is 43.6. The summed E-state index contributed by atoms with van der Waals surface area (Å²) in [6.07, 6.45) is -3.97. The minimum Gasteiger partial charge on any atom is -0.479 e. The number of carbonyl (C=O) groups is 4. The molecule has 0 amide bonds. The second kappa shape index (κ2) is 6.96. The van der Waals surface area contributed by atoms with Crippen LogP contribution in [0.4, 0.5) is 0 Å². The van der Waals surface area contributed by atoms with Gasteiger partial charge in [0.2, 0.25) is 0 Å². The molecule has 0 aliphatic carbocycles. The van der Waals surface area contributed by atoms with E-state index >= 15 is 0 Å². The van der Waals surface area contributed by atoms with Gasteiger partial charge in [-0.1, -0.05) is 13.8 Å². The van der Waals surface area contributed by atoms with Crippen LogP contribution in [-0.2, 0) is 23.9 Å². The highest BCUT2D eigenvalue weighted by molar-refractivity contribution is 5.91. The van der Waals surface area contributed by atoms with E-state index in [1.54, 1.807) is 0 Å². The lowest BCUT2D eigenvalue weighted by molar-refractivity contribution is -0.176. The molecule has 0 aromatic heterocycles. The first-order valence-electron chi connectivity index (χ1n) is 5.60. The zero-order valence-electron chi connectivity index (χ0n) is 10.9. The van der Waals surface area contributed by atoms with E-state index in [4.69, 9.17) is 15.3 Å². The average molecular weight is 292 g/mol. The van der Waals surface area contributed by atoms with Crippen LogP contribution in [0, 0.1) is 5.92 Å². The van der Waals surface area contributed by atoms with E-state index < -0.39 is 54.3 Å². The van der Waals surface area contributed by atoms with Gasteiger partial charge in [0.25, 0.3) is 0 Å². The first kappa shape index (κ1) is 18.0. The van der Waals surface area contributed by atoms with Gasteiger partial charge in [0.05, 0.1) is 12.8 Å². The molecule has 0 aromatic carbocycles. The Bertz CT molecular complexity index is 414. The summed E-state index contributed by atoms with van der Waals surface area (Å²) >= 11 is 0. The smallest absolute Gasteiger partial charge is 0.336 e. The number of carboxylic acid groups (broad SMARTS) is 2. The summed E-state index contributed by atoms with van der Waals surface area (Å²) in [5.74, 6) is -6.80. The van der Waals surface area contributed by atoms with E-state index in [-0.39, 0.29) is 0 Å². The molecule has 9 heteroatoms. The Kier molecular flexibility index (Phi) is 6.27. The van der Waals surface area contributed by atoms with Crippen LogP contribution in [0.2, 0.25) is 0 Å². The van der Waals surface area contributed by atoms with E-state index in [2.05, 4.69) is 4.74 Å². The number of aliphatic hydroxyl groups excluding tert-OH is 1. The van der Waals surface area contributed by atoms with Crippen LogP contribution in [0.25, 0.3) is 0 Å². The normalized spacial score (nSPS) is 15.2. The fourth-order valence-electron chi connectivity index (χ4n) is 1.20. The van der Waals surface area contributed by atoms with Crippen LogP contribution < -0.4 is 0 Å². The number of hydrogen-bond acceptors (Lipinski definition) is 7. The lowest BCUT2D eigenvalue weighted by atomic mass is 9.87. The Hall–Kier alpha value is -2.00. The van der Waals surface area contributed by atoms with Crippen molar-refractivity contribution in [3.8, 4) is 0 Å². The number of aliphatic hydroxyl groups is 2. The van der Waals surface area contributed by atoms with Crippen molar-refractivity contribution in [2.75, 3.05) is 0 Å². The maximum absolute atomic E-state index is 11.3. The maximum Gasteiger partial charge on any atom is 0.336 e. The number of esters is 2. The highest BCUT2D eigenvalue weighted by atomic mass is 16.6. The Balaban J connectivity index is 4.60. The Morgan fingerprint density at radius 3 is 1.95 bits per heavy atom. The van der Waals surface area contributed by atoms with Gasteiger partial charge in [-0.25, -0.2) is 9.59 Å². The van der Waals surface area contributed by atoms with Gasteiger partial charge < -0.3 is 25.2 Å². The third kappa shape index (κ3) is 4.94. The molecule has 0 saturated carbocycles. The maximum atomic E-state index is 11.3. The second-order valence-corrected chi connectivity index (χ2v) is 4.47. The van der Waals surface area contributed by atoms with Crippen LogP contribution in [0.15, 0.2) is 0 Å². The first-order chi connectivity index (χ1) is 9.00. The second-order valence-electron chi connectivity index (χ2n) is 4.47. The molecule has 0 heterocycles. The number of carbonyl (C=O) groups excluding carboxylic acids is 2. The topological polar surface area (TPSA) is 158 Å². The summed E-state index contributed by atoms with van der Waals surface area (Å²) in [5, 5.41) is 35.8. The van der Waals surface area contributed by atoms with Crippen molar-refractivity contribution < 1.29 is 44.3 Å². The molecule has 0 aliphatic rings. The van der Waals surface area contributed by atoms with Gasteiger partial charge in [0.1, 0.15) is 0 Å². The van der Waals surface area contributed by atoms with Gasteiger partial charge in [0.15, 0.2) is 11.7 Å². The molecular formula is C11H16O9. The van der Waals surface area contributed by atoms with Crippen molar-refractivity contribution in [3.63, 3.8) is 0 Å². The molecule has 0 radical (unpaired) electrons. The van der Waals surface area contributed by atoms with Crippen molar-refractivity contribution >= 4 is 23.9 Å². The average Bonchev–Trinajstić information content (AvgIpc) is 2.27. The minimum atomic E-state index is -2.40. The van der Waals surface area contributed by atoms with Gasteiger partial charge in [-0.15, -0.1) is 0 Å². The van der Waals surface area contributed by atoms with E-state index in [0.29, 0.717) is 0 Å². The fraction of sp³-hybridized carbons (Fsp3) is 0.636. The highest BCUT2D eigenvalue weighted by Crippen LogP contribution is 2.22. The SMILES string of the molecule is CC(C)C(O)(CC(=O)OC(=O)CC(O)C(=O)O)C(=O)O. The predicted octanol–water partition coefficient (Wildman–Crippen LogP) is -1.25. The van der Waals surface area contributed by atoms with Gasteiger partial charge in [-0.05, 0) is 5.92 Å². The molecule has 9 nitrogen and oxygen atoms in total. The van der Waals surface area contributed by atoms with E-state index in [1.165, 1.54) is 13.8 Å². The standard InChI is InChI=1S/C11H16O9/c1-5(2)11(19,10(17)18)4-8(14)20-7(13)3-6(12)9(15)16/h5-6,12,19H,3-4H2,1-2H3,(H,15,16)(H,17,18). The predicted molar refractivity (Wildman–Crippen MR) is 61.4 cm³/mol. The summed E-state index contributed by atoms with van der Waals surface area (Å²) in [6.45, 7) is 2.72. The summed E-state index contributed by atoms with van der Waals surface area (Å²) in [7, 11) is 0. The molecule has 20 heavy (non-hydrogen) atoms. The van der Waals surface area contributed by atoms with E-state index in [9.17, 15) is 24.3 Å². The molecule has 2 unspecified atom stereocenters. The first-order valence-corrected chi connectivity index (χ1v) is 5.60. The number of ether oxygens (including phenoxy) is 1. The number of carboxylic acids is 2. The Morgan fingerprint density at radius 2 is 1.60 bits per heavy atom. The van der Waals surface area contributed by atoms with Crippen molar-refractivity contribution in [1.82, 2.24) is 0 Å². The van der Waals surface area contributed by atoms with Gasteiger partial charge in [-0.2, -0.15) is 0 Å². The molecule has 0 rings (SSSR count). The lowest BCUT2D eigenvalue weighted by Gasteiger charge is -2.26. The minimum absolute atomic E-state index is 0.827. The van der Waals surface area contributed by atoms with Crippen LogP contribution in [0.5, 0.6) is 0 Å². The number of rotatable bonds is 7. The van der Waals surface area contributed by atoms with E-state index in [0.717, 1.165) is 0 Å². The molecule has 114 valence electrons. The lowest BCUT2D eigenvalue weighted by Crippen LogP contribution is -2.46. The molecule has 2 atom stereocenters. The largest absolute Gasteiger partial charge is 0.479 e. The summed E-state index contributed by atoms with van der Waals surface area (Å²) in [6, 6.07) is 0. The van der Waals surface area contributed by atoms with Crippen LogP contribution >= 0.6 is 0 Å². The molecule has 4 N–H and O–H groups in total. The van der Waals surface area contributed by atoms with Crippen molar-refractivity contribution in [2.45, 2.75) is 38.4 Å². The fourth-order valence-corrected chi connectivity index (χ4v) is 1.20. The highest BCUT2D eigenvalue weighted by Gasteiger charge is 2.42. The number of hydrogen-bond donors (Lipinski definition) is 4. The Labute approximate surface area is 113 Å². The van der Waals surface area contributed by atoms with Gasteiger partial charge in [-0.3, -0.25) is 9.59 Å². The molecule has 0 bridgehead atoms. The van der Waals surface area contributed by atoms with Crippen molar-refractivity contribution in [2.24, 2.45) is 5.92 Å². The van der Waals surface area contributed by atoms with E-state index in [1.807, 2.05) is 0 Å². The zero-order chi connectivity index (χ0) is 16.1. The molecule has 0 fully saturated rings. The van der Waals surface area contributed by atoms with Gasteiger partial charge in [0, 0.05) is 0 Å². The third-order valence-electron chi connectivity index (χ3n) is 2.61. The molecule has 0 aliphatic heterocycles. The molecular weight excluding hydrogens is 276 g/mol. The van der Waals surface area contributed by atoms with Crippen molar-refractivity contribution in [3.05, 3.63) is 0 Å². The van der Waals surface area contributed by atoms with Crippen molar-refractivity contribution in [1.29, 1.82) is 0 Å². The van der Waals surface area contributed by atoms with Gasteiger partial charge >= 0.3 is 23.9 Å². The van der Waals surface area contributed by atoms with Crippen LogP contribution in [0.1, 0.15) is 26.7 Å². The third-order valence-corrected chi connectivity index (χ3v) is 2.61. The van der Waals surface area contributed by atoms with Crippen LogP contribution in [0.3, 0.4) is 0 Å². The monoisotopic (exact) mass is 292 g/mol. The quantitative estimate of drug-likeness (QED) is 0.332. The Morgan fingerprint density at radius 1 is 1.10 bits per heavy atom. The summed E-state index contributed by atoms with van der Waals surface area (Å²) < 4.78 is 4.14. The molecule has 0 aromatic rings.